The van der Waals surface area contributed by atoms with Crippen molar-refractivity contribution in [2.24, 2.45) is 0 Å². The number of benzene rings is 2. The van der Waals surface area contributed by atoms with Crippen molar-refractivity contribution in [2.45, 2.75) is 247 Å². The topological polar surface area (TPSA) is 46.2 Å². The fourth-order valence-corrected chi connectivity index (χ4v) is 16.1. The molecule has 2 aromatic carbocycles. The zero-order valence-corrected chi connectivity index (χ0v) is 43.9. The van der Waals surface area contributed by atoms with Crippen LogP contribution in [0.5, 0.6) is 11.5 Å². The van der Waals surface area contributed by atoms with Crippen LogP contribution in [-0.2, 0) is 39.8 Å². The summed E-state index contributed by atoms with van der Waals surface area (Å²) in [5, 5.41) is 0. The summed E-state index contributed by atoms with van der Waals surface area (Å²) >= 11 is 0. The van der Waals surface area contributed by atoms with Gasteiger partial charge < -0.3 is 0 Å². The van der Waals surface area contributed by atoms with Crippen molar-refractivity contribution >= 4 is 14.2 Å². The van der Waals surface area contributed by atoms with E-state index in [1.54, 1.807) is 14.2 Å². The second-order valence-electron chi connectivity index (χ2n) is 19.3. The van der Waals surface area contributed by atoms with E-state index < -0.39 is 14.2 Å². The summed E-state index contributed by atoms with van der Waals surface area (Å²) in [5.74, 6) is 1.82. The minimum atomic E-state index is -2.87. The standard InChI is InChI=1S/C56H102BO5P/c1-9-15-21-25-29-33-43-63(44-34-30-26-22-16-10-2,45-35-31-27-23-17-11-3,46-36-32-28-24-18-12-4)62-57(60-49-53-39-41-55(58-7)47-51(53)37-19-13-5)61-50-54-40-42-56(59-8)48-52(54)38-20-14-6/h39-42,47-48H,9-38,43-46,49-50H2,1-8H3. The van der Waals surface area contributed by atoms with E-state index in [-0.39, 0.29) is 0 Å². The molecule has 0 saturated carbocycles. The summed E-state index contributed by atoms with van der Waals surface area (Å²) in [7, 11) is 2.81. The molecule has 2 aromatic rings. The van der Waals surface area contributed by atoms with Gasteiger partial charge in [-0.3, -0.25) is 0 Å². The molecule has 63 heavy (non-hydrogen) atoms. The van der Waals surface area contributed by atoms with Crippen molar-refractivity contribution in [3.05, 3.63) is 58.7 Å². The van der Waals surface area contributed by atoms with Crippen molar-refractivity contribution in [1.29, 1.82) is 0 Å². The molecule has 0 spiro atoms. The van der Waals surface area contributed by atoms with Crippen LogP contribution >= 0.6 is 6.83 Å². The molecule has 0 fully saturated rings. The summed E-state index contributed by atoms with van der Waals surface area (Å²) < 4.78 is 33.9. The van der Waals surface area contributed by atoms with Gasteiger partial charge in [0.2, 0.25) is 0 Å². The van der Waals surface area contributed by atoms with Crippen LogP contribution < -0.4 is 9.47 Å². The predicted molar refractivity (Wildman–Crippen MR) is 280 cm³/mol. The van der Waals surface area contributed by atoms with Crippen LogP contribution in [0, 0.1) is 0 Å². The van der Waals surface area contributed by atoms with Crippen molar-refractivity contribution in [2.75, 3.05) is 38.9 Å². The number of methoxy groups -OCH3 is 2. The maximum atomic E-state index is 8.15. The Labute approximate surface area is 392 Å². The quantitative estimate of drug-likeness (QED) is 0.0377. The second-order valence-corrected chi connectivity index (χ2v) is 25.0. The molecule has 0 heterocycles. The molecule has 7 heteroatoms. The summed E-state index contributed by atoms with van der Waals surface area (Å²) in [6.07, 6.45) is 42.9. The van der Waals surface area contributed by atoms with Crippen LogP contribution in [-0.4, -0.2) is 46.2 Å². The first-order valence-corrected chi connectivity index (χ1v) is 30.0. The number of ether oxygens (including phenoxy) is 2. The number of unbranched alkanes of at least 4 members (excludes halogenated alkanes) is 22. The van der Waals surface area contributed by atoms with Crippen LogP contribution in [0.3, 0.4) is 0 Å². The molecule has 0 aliphatic carbocycles. The first kappa shape index (κ1) is 57.5. The Morgan fingerprint density at radius 3 is 0.968 bits per heavy atom. The predicted octanol–water partition coefficient (Wildman–Crippen LogP) is 18.0. The first-order chi connectivity index (χ1) is 30.8. The molecule has 0 unspecified atom stereocenters. The Morgan fingerprint density at radius 1 is 0.365 bits per heavy atom. The molecular weight excluding hydrogens is 794 g/mol. The van der Waals surface area contributed by atoms with E-state index in [9.17, 15) is 0 Å². The SMILES string of the molecule is CCCCCCCCP(CCCCCCCC)(CCCCCCCC)(CCCCCCCC)OB(OCc1ccc(OC)cc1CCCC)OCc1ccc(OC)cc1CCCC. The van der Waals surface area contributed by atoms with Gasteiger partial charge in [0.1, 0.15) is 0 Å². The molecule has 0 amide bonds. The van der Waals surface area contributed by atoms with Crippen LogP contribution in [0.1, 0.15) is 244 Å². The van der Waals surface area contributed by atoms with Crippen molar-refractivity contribution in [3.8, 4) is 11.5 Å². The van der Waals surface area contributed by atoms with Gasteiger partial charge in [-0.25, -0.2) is 0 Å². The van der Waals surface area contributed by atoms with Gasteiger partial charge in [-0.1, -0.05) is 0 Å². The van der Waals surface area contributed by atoms with Crippen LogP contribution in [0.2, 0.25) is 0 Å². The average Bonchev–Trinajstić information content (AvgIpc) is 3.30. The summed E-state index contributed by atoms with van der Waals surface area (Å²) in [6, 6.07) is 13.1. The third-order valence-electron chi connectivity index (χ3n) is 13.9. The second kappa shape index (κ2) is 36.5. The Hall–Kier alpha value is -1.59. The molecule has 5 nitrogen and oxygen atoms in total. The normalized spacial score (nSPS) is 12.4. The van der Waals surface area contributed by atoms with E-state index >= 15 is 0 Å². The molecular formula is C56H102BO5P. The van der Waals surface area contributed by atoms with E-state index in [2.05, 4.69) is 77.9 Å². The monoisotopic (exact) mass is 897 g/mol. The van der Waals surface area contributed by atoms with Gasteiger partial charge in [0.15, 0.2) is 0 Å². The van der Waals surface area contributed by atoms with Gasteiger partial charge in [-0.15, -0.1) is 0 Å². The zero-order valence-electron chi connectivity index (χ0n) is 43.0. The van der Waals surface area contributed by atoms with Gasteiger partial charge in [0.25, 0.3) is 0 Å². The summed E-state index contributed by atoms with van der Waals surface area (Å²) in [5.41, 5.74) is 5.05. The van der Waals surface area contributed by atoms with Gasteiger partial charge in [0.05, 0.1) is 0 Å². The number of aryl methyl sites for hydroxylation is 2. The molecule has 0 aromatic heterocycles. The molecule has 364 valence electrons. The van der Waals surface area contributed by atoms with Crippen molar-refractivity contribution < 1.29 is 23.2 Å². The Kier molecular flexibility index (Phi) is 33.4. The van der Waals surface area contributed by atoms with Crippen molar-refractivity contribution in [3.63, 3.8) is 0 Å². The van der Waals surface area contributed by atoms with Crippen LogP contribution in [0.15, 0.2) is 36.4 Å². The summed E-state index contributed by atoms with van der Waals surface area (Å²) in [6.45, 7) is 11.9. The summed E-state index contributed by atoms with van der Waals surface area (Å²) in [4.78, 5) is 0. The van der Waals surface area contributed by atoms with Gasteiger partial charge >= 0.3 is 394 Å². The van der Waals surface area contributed by atoms with E-state index in [1.807, 2.05) is 0 Å². The van der Waals surface area contributed by atoms with Gasteiger partial charge in [-0.2, -0.15) is 0 Å². The fraction of sp³-hybridized carbons (Fsp3) is 0.786. The molecule has 0 atom stereocenters. The van der Waals surface area contributed by atoms with E-state index in [4.69, 9.17) is 23.2 Å². The molecule has 0 aliphatic rings. The molecule has 0 radical (unpaired) electrons. The zero-order chi connectivity index (χ0) is 45.7. The Balaban J connectivity index is 2.74. The third-order valence-corrected chi connectivity index (χ3v) is 20.4. The number of hydrogen-bond donors (Lipinski definition) is 0. The number of hydrogen-bond acceptors (Lipinski definition) is 5. The average molecular weight is 897 g/mol. The molecule has 0 saturated heterocycles. The molecule has 0 N–H and O–H groups in total. The van der Waals surface area contributed by atoms with E-state index in [0.717, 1.165) is 50.0 Å². The molecule has 0 aliphatic heterocycles. The third kappa shape index (κ3) is 24.1. The van der Waals surface area contributed by atoms with Gasteiger partial charge in [-0.05, 0) is 0 Å². The number of rotatable bonds is 44. The Morgan fingerprint density at radius 2 is 0.667 bits per heavy atom. The fourth-order valence-electron chi connectivity index (χ4n) is 9.66. The van der Waals surface area contributed by atoms with Crippen LogP contribution in [0.4, 0.5) is 0 Å². The van der Waals surface area contributed by atoms with E-state index in [1.165, 1.54) is 201 Å². The minimum absolute atomic E-state index is 0.466. The van der Waals surface area contributed by atoms with E-state index in [0.29, 0.717) is 13.2 Å². The van der Waals surface area contributed by atoms with Crippen LogP contribution in [0.25, 0.3) is 0 Å². The molecule has 2 rings (SSSR count). The first-order valence-electron chi connectivity index (χ1n) is 27.1. The Bertz CT molecular complexity index is 1250. The van der Waals surface area contributed by atoms with Gasteiger partial charge in [0, 0.05) is 0 Å². The van der Waals surface area contributed by atoms with Crippen molar-refractivity contribution in [1.82, 2.24) is 0 Å². The molecule has 0 bridgehead atoms. The maximum absolute atomic E-state index is 8.15.